The van der Waals surface area contributed by atoms with E-state index >= 15 is 0 Å². The van der Waals surface area contributed by atoms with Crippen LogP contribution in [0.5, 0.6) is 0 Å². The van der Waals surface area contributed by atoms with E-state index in [1.807, 2.05) is 36.4 Å². The molecule has 2 N–H and O–H groups in total. The van der Waals surface area contributed by atoms with Crippen LogP contribution in [-0.4, -0.2) is 9.97 Å². The minimum absolute atomic E-state index is 0.433. The van der Waals surface area contributed by atoms with Crippen molar-refractivity contribution >= 4 is 39.8 Å². The lowest BCUT2D eigenvalue weighted by molar-refractivity contribution is 1.31. The Kier molecular flexibility index (Phi) is 2.46. The molecule has 5 heteroatoms. The lowest BCUT2D eigenvalue weighted by atomic mass is 10.2. The van der Waals surface area contributed by atoms with Crippen LogP contribution in [-0.2, 0) is 0 Å². The van der Waals surface area contributed by atoms with Gasteiger partial charge in [-0.1, -0.05) is 23.7 Å². The quantitative estimate of drug-likeness (QED) is 0.728. The molecule has 0 spiro atoms. The van der Waals surface area contributed by atoms with Crippen LogP contribution in [0.3, 0.4) is 0 Å². The van der Waals surface area contributed by atoms with E-state index in [4.69, 9.17) is 17.3 Å². The summed E-state index contributed by atoms with van der Waals surface area (Å²) in [5.74, 6) is 0.433. The zero-order chi connectivity index (χ0) is 11.8. The van der Waals surface area contributed by atoms with E-state index in [1.165, 1.54) is 11.3 Å². The molecule has 1 aromatic carbocycles. The van der Waals surface area contributed by atoms with E-state index in [0.29, 0.717) is 15.8 Å². The molecule has 0 saturated carbocycles. The van der Waals surface area contributed by atoms with Crippen molar-refractivity contribution in [3.63, 3.8) is 0 Å². The number of aromatic nitrogens is 2. The fourth-order valence-electron chi connectivity index (χ4n) is 1.64. The fourth-order valence-corrected chi connectivity index (χ4v) is 2.68. The van der Waals surface area contributed by atoms with Crippen LogP contribution in [0.15, 0.2) is 36.4 Å². The van der Waals surface area contributed by atoms with Crippen molar-refractivity contribution in [2.75, 3.05) is 5.73 Å². The van der Waals surface area contributed by atoms with Gasteiger partial charge in [0.15, 0.2) is 5.82 Å². The number of fused-ring (bicyclic) bond motifs is 1. The number of nitrogens with zero attached hydrogens (tertiary/aromatic N) is 2. The Hall–Kier alpha value is -1.65. The van der Waals surface area contributed by atoms with Crippen molar-refractivity contribution in [1.82, 2.24) is 9.97 Å². The second-order valence-electron chi connectivity index (χ2n) is 3.55. The third kappa shape index (κ3) is 1.85. The summed E-state index contributed by atoms with van der Waals surface area (Å²) in [4.78, 5) is 9.80. The Morgan fingerprint density at radius 3 is 2.35 bits per heavy atom. The Morgan fingerprint density at radius 2 is 1.71 bits per heavy atom. The molecule has 3 rings (SSSR count). The van der Waals surface area contributed by atoms with Crippen molar-refractivity contribution in [2.45, 2.75) is 0 Å². The van der Waals surface area contributed by atoms with Gasteiger partial charge in [0.1, 0.15) is 5.69 Å². The van der Waals surface area contributed by atoms with Gasteiger partial charge >= 0.3 is 0 Å². The second kappa shape index (κ2) is 3.98. The monoisotopic (exact) mass is 261 g/mol. The second-order valence-corrected chi connectivity index (χ2v) is 5.27. The molecule has 0 unspecified atom stereocenters. The predicted molar refractivity (Wildman–Crippen MR) is 72.3 cm³/mol. The van der Waals surface area contributed by atoms with Crippen molar-refractivity contribution in [1.29, 1.82) is 0 Å². The first-order valence-electron chi connectivity index (χ1n) is 5.02. The summed E-state index contributed by atoms with van der Waals surface area (Å²) >= 11 is 7.36. The molecule has 2 heterocycles. The Bertz CT molecular complexity index is 693. The SMILES string of the molecule is Nc1nc2ccccc2nc1-c1ccc(Cl)s1. The largest absolute Gasteiger partial charge is 0.382 e. The number of rotatable bonds is 1. The lowest BCUT2D eigenvalue weighted by Crippen LogP contribution is -1.97. The maximum Gasteiger partial charge on any atom is 0.151 e. The van der Waals surface area contributed by atoms with Gasteiger partial charge < -0.3 is 5.73 Å². The van der Waals surface area contributed by atoms with Crippen molar-refractivity contribution in [3.8, 4) is 10.6 Å². The van der Waals surface area contributed by atoms with Gasteiger partial charge in [-0.05, 0) is 24.3 Å². The number of hydrogen-bond donors (Lipinski definition) is 1. The summed E-state index contributed by atoms with van der Waals surface area (Å²) in [5, 5.41) is 0. The summed E-state index contributed by atoms with van der Waals surface area (Å²) in [6.07, 6.45) is 0. The van der Waals surface area contributed by atoms with Gasteiger partial charge in [-0.25, -0.2) is 9.97 Å². The first kappa shape index (κ1) is 10.5. The van der Waals surface area contributed by atoms with Gasteiger partial charge in [0.05, 0.1) is 20.2 Å². The van der Waals surface area contributed by atoms with E-state index in [9.17, 15) is 0 Å². The van der Waals surface area contributed by atoms with Gasteiger partial charge in [-0.2, -0.15) is 0 Å². The number of nitrogen functional groups attached to an aromatic ring is 1. The normalized spacial score (nSPS) is 10.9. The molecule has 17 heavy (non-hydrogen) atoms. The van der Waals surface area contributed by atoms with E-state index in [0.717, 1.165) is 15.9 Å². The molecule has 3 nitrogen and oxygen atoms in total. The molecular formula is C12H8ClN3S. The van der Waals surface area contributed by atoms with Crippen LogP contribution in [0.2, 0.25) is 4.34 Å². The van der Waals surface area contributed by atoms with Crippen LogP contribution in [0.25, 0.3) is 21.6 Å². The molecule has 3 aromatic rings. The first-order valence-corrected chi connectivity index (χ1v) is 6.21. The zero-order valence-corrected chi connectivity index (χ0v) is 10.3. The smallest absolute Gasteiger partial charge is 0.151 e. The number of benzene rings is 1. The minimum atomic E-state index is 0.433. The van der Waals surface area contributed by atoms with Gasteiger partial charge in [0.2, 0.25) is 0 Å². The van der Waals surface area contributed by atoms with Crippen LogP contribution in [0.4, 0.5) is 5.82 Å². The predicted octanol–water partition coefficient (Wildman–Crippen LogP) is 3.59. The summed E-state index contributed by atoms with van der Waals surface area (Å²) in [7, 11) is 0. The van der Waals surface area contributed by atoms with Gasteiger partial charge in [-0.3, -0.25) is 0 Å². The Labute approximate surface area is 107 Å². The molecule has 0 saturated heterocycles. The molecule has 0 fully saturated rings. The maximum absolute atomic E-state index is 5.92. The molecule has 0 aliphatic carbocycles. The Morgan fingerprint density at radius 1 is 1.00 bits per heavy atom. The summed E-state index contributed by atoms with van der Waals surface area (Å²) < 4.78 is 0.717. The molecule has 0 bridgehead atoms. The molecule has 0 amide bonds. The molecule has 0 atom stereocenters. The lowest BCUT2D eigenvalue weighted by Gasteiger charge is -2.03. The van der Waals surface area contributed by atoms with Crippen LogP contribution in [0.1, 0.15) is 0 Å². The molecule has 0 aliphatic rings. The average Bonchev–Trinajstić information content (AvgIpc) is 2.75. The third-order valence-corrected chi connectivity index (χ3v) is 3.64. The van der Waals surface area contributed by atoms with Crippen molar-refractivity contribution < 1.29 is 0 Å². The summed E-state index contributed by atoms with van der Waals surface area (Å²) in [5.41, 5.74) is 8.25. The van der Waals surface area contributed by atoms with Crippen LogP contribution < -0.4 is 5.73 Å². The van der Waals surface area contributed by atoms with E-state index in [-0.39, 0.29) is 0 Å². The molecule has 84 valence electrons. The summed E-state index contributed by atoms with van der Waals surface area (Å²) in [6.45, 7) is 0. The number of halogens is 1. The highest BCUT2D eigenvalue weighted by atomic mass is 35.5. The molecule has 2 aromatic heterocycles. The first-order chi connectivity index (χ1) is 8.24. The highest BCUT2D eigenvalue weighted by Crippen LogP contribution is 2.33. The van der Waals surface area contributed by atoms with Gasteiger partial charge in [0, 0.05) is 0 Å². The number of hydrogen-bond acceptors (Lipinski definition) is 4. The average molecular weight is 262 g/mol. The van der Waals surface area contributed by atoms with E-state index < -0.39 is 0 Å². The zero-order valence-electron chi connectivity index (χ0n) is 8.72. The maximum atomic E-state index is 5.92. The number of nitrogens with two attached hydrogens (primary N) is 1. The highest BCUT2D eigenvalue weighted by Gasteiger charge is 2.10. The van der Waals surface area contributed by atoms with Crippen LogP contribution >= 0.6 is 22.9 Å². The number of thiophene rings is 1. The third-order valence-electron chi connectivity index (χ3n) is 2.40. The van der Waals surface area contributed by atoms with Crippen molar-refractivity contribution in [2.24, 2.45) is 0 Å². The van der Waals surface area contributed by atoms with Gasteiger partial charge in [0.25, 0.3) is 0 Å². The highest BCUT2D eigenvalue weighted by molar-refractivity contribution is 7.19. The molecular weight excluding hydrogens is 254 g/mol. The minimum Gasteiger partial charge on any atom is -0.382 e. The summed E-state index contributed by atoms with van der Waals surface area (Å²) in [6, 6.07) is 11.4. The number of para-hydroxylation sites is 2. The van der Waals surface area contributed by atoms with Gasteiger partial charge in [-0.15, -0.1) is 11.3 Å². The molecule has 0 radical (unpaired) electrons. The van der Waals surface area contributed by atoms with E-state index in [1.54, 1.807) is 0 Å². The van der Waals surface area contributed by atoms with E-state index in [2.05, 4.69) is 9.97 Å². The Balaban J connectivity index is 2.26. The van der Waals surface area contributed by atoms with Crippen molar-refractivity contribution in [3.05, 3.63) is 40.7 Å². The molecule has 0 aliphatic heterocycles. The fraction of sp³-hybridized carbons (Fsp3) is 0. The number of anilines is 1. The standard InChI is InChI=1S/C12H8ClN3S/c13-10-6-5-9(17-10)11-12(14)16-8-4-2-1-3-7(8)15-11/h1-6H,(H2,14,16). The van der Waals surface area contributed by atoms with Crippen LogP contribution in [0, 0.1) is 0 Å². The topological polar surface area (TPSA) is 51.8 Å².